The number of fused-ring (bicyclic) bond motifs is 1. The van der Waals surface area contributed by atoms with Crippen LogP contribution < -0.4 is 14.8 Å². The van der Waals surface area contributed by atoms with E-state index in [-0.39, 0.29) is 6.79 Å². The Bertz CT molecular complexity index is 700. The van der Waals surface area contributed by atoms with Crippen molar-refractivity contribution in [1.82, 2.24) is 0 Å². The molecule has 1 aliphatic heterocycles. The average molecular weight is 306 g/mol. The number of benzene rings is 2. The zero-order valence-corrected chi connectivity index (χ0v) is 12.6. The molecule has 0 amide bonds. The van der Waals surface area contributed by atoms with Gasteiger partial charge >= 0.3 is 0 Å². The molecule has 1 heterocycles. The molecule has 110 valence electrons. The third-order valence-electron chi connectivity index (χ3n) is 3.51. The van der Waals surface area contributed by atoms with Crippen LogP contribution in [0, 0.1) is 13.8 Å². The molecule has 21 heavy (non-hydrogen) atoms. The lowest BCUT2D eigenvalue weighted by Crippen LogP contribution is -2.01. The SMILES string of the molecule is Cc1cc(NCc2cc(Cl)c3c(c2)OCO3)c(C)cc1O. The Kier molecular flexibility index (Phi) is 3.55. The molecule has 0 saturated carbocycles. The van der Waals surface area contributed by atoms with E-state index in [1.165, 1.54) is 0 Å². The van der Waals surface area contributed by atoms with Crippen LogP contribution in [0.4, 0.5) is 5.69 Å². The van der Waals surface area contributed by atoms with Crippen LogP contribution in [0.3, 0.4) is 0 Å². The summed E-state index contributed by atoms with van der Waals surface area (Å²) in [6.45, 7) is 4.65. The van der Waals surface area contributed by atoms with E-state index in [2.05, 4.69) is 5.32 Å². The van der Waals surface area contributed by atoms with Crippen LogP contribution in [0.5, 0.6) is 17.2 Å². The molecular formula is C16H16ClNO3. The third kappa shape index (κ3) is 2.72. The standard InChI is InChI=1S/C16H16ClNO3/c1-9-4-14(19)10(2)3-13(9)18-7-11-5-12(17)16-15(6-11)20-8-21-16/h3-6,18-19H,7-8H2,1-2H3. The number of ether oxygens (including phenoxy) is 2. The van der Waals surface area contributed by atoms with E-state index in [0.717, 1.165) is 22.4 Å². The molecule has 0 atom stereocenters. The molecule has 2 N–H and O–H groups in total. The van der Waals surface area contributed by atoms with Crippen molar-refractivity contribution >= 4 is 17.3 Å². The smallest absolute Gasteiger partial charge is 0.231 e. The summed E-state index contributed by atoms with van der Waals surface area (Å²) in [4.78, 5) is 0. The molecule has 0 radical (unpaired) electrons. The Balaban J connectivity index is 1.79. The minimum absolute atomic E-state index is 0.211. The fraction of sp³-hybridized carbons (Fsp3) is 0.250. The number of aryl methyl sites for hydroxylation is 2. The van der Waals surface area contributed by atoms with Crippen molar-refractivity contribution in [2.24, 2.45) is 0 Å². The highest BCUT2D eigenvalue weighted by molar-refractivity contribution is 6.32. The lowest BCUT2D eigenvalue weighted by Gasteiger charge is -2.12. The number of hydrogen-bond acceptors (Lipinski definition) is 4. The normalized spacial score (nSPS) is 12.5. The Morgan fingerprint density at radius 1 is 1.14 bits per heavy atom. The van der Waals surface area contributed by atoms with E-state index >= 15 is 0 Å². The number of phenolic OH excluding ortho intramolecular Hbond substituents is 1. The summed E-state index contributed by atoms with van der Waals surface area (Å²) in [6, 6.07) is 7.47. The van der Waals surface area contributed by atoms with Crippen molar-refractivity contribution in [3.63, 3.8) is 0 Å². The Morgan fingerprint density at radius 3 is 2.76 bits per heavy atom. The number of rotatable bonds is 3. The molecular weight excluding hydrogens is 290 g/mol. The summed E-state index contributed by atoms with van der Waals surface area (Å²) < 4.78 is 10.7. The summed E-state index contributed by atoms with van der Waals surface area (Å²) in [5, 5.41) is 13.6. The molecule has 2 aromatic rings. The van der Waals surface area contributed by atoms with Gasteiger partial charge in [-0.15, -0.1) is 0 Å². The molecule has 0 saturated heterocycles. The lowest BCUT2D eigenvalue weighted by molar-refractivity contribution is 0.174. The first-order valence-electron chi connectivity index (χ1n) is 6.66. The zero-order valence-electron chi connectivity index (χ0n) is 11.9. The van der Waals surface area contributed by atoms with Crippen LogP contribution in [0.1, 0.15) is 16.7 Å². The van der Waals surface area contributed by atoms with E-state index in [9.17, 15) is 5.11 Å². The van der Waals surface area contributed by atoms with Crippen LogP contribution in [-0.2, 0) is 6.54 Å². The number of nitrogens with one attached hydrogen (secondary N) is 1. The Hall–Kier alpha value is -2.07. The average Bonchev–Trinajstić information content (AvgIpc) is 2.90. The monoisotopic (exact) mass is 305 g/mol. The molecule has 0 aromatic heterocycles. The summed E-state index contributed by atoms with van der Waals surface area (Å²) in [5.74, 6) is 1.60. The van der Waals surface area contributed by atoms with Gasteiger partial charge in [0.2, 0.25) is 6.79 Å². The van der Waals surface area contributed by atoms with Crippen LogP contribution in [0.25, 0.3) is 0 Å². The van der Waals surface area contributed by atoms with Gasteiger partial charge in [-0.2, -0.15) is 0 Å². The largest absolute Gasteiger partial charge is 0.508 e. The lowest BCUT2D eigenvalue weighted by atomic mass is 10.1. The van der Waals surface area contributed by atoms with Crippen molar-refractivity contribution in [2.45, 2.75) is 20.4 Å². The maximum atomic E-state index is 9.68. The molecule has 0 fully saturated rings. The van der Waals surface area contributed by atoms with Crippen molar-refractivity contribution in [3.8, 4) is 17.2 Å². The molecule has 4 nitrogen and oxygen atoms in total. The van der Waals surface area contributed by atoms with E-state index in [0.29, 0.717) is 28.8 Å². The van der Waals surface area contributed by atoms with Gasteiger partial charge in [0.25, 0.3) is 0 Å². The second-order valence-electron chi connectivity index (χ2n) is 5.12. The van der Waals surface area contributed by atoms with Gasteiger partial charge in [0, 0.05) is 12.2 Å². The van der Waals surface area contributed by atoms with Crippen molar-refractivity contribution in [3.05, 3.63) is 46.0 Å². The first-order chi connectivity index (χ1) is 10.0. The minimum Gasteiger partial charge on any atom is -0.508 e. The summed E-state index contributed by atoms with van der Waals surface area (Å²) >= 11 is 6.17. The highest BCUT2D eigenvalue weighted by Gasteiger charge is 2.18. The highest BCUT2D eigenvalue weighted by Crippen LogP contribution is 2.40. The van der Waals surface area contributed by atoms with E-state index in [4.69, 9.17) is 21.1 Å². The van der Waals surface area contributed by atoms with E-state index < -0.39 is 0 Å². The van der Waals surface area contributed by atoms with Gasteiger partial charge in [-0.05, 0) is 54.8 Å². The Morgan fingerprint density at radius 2 is 1.95 bits per heavy atom. The van der Waals surface area contributed by atoms with Crippen molar-refractivity contribution < 1.29 is 14.6 Å². The second kappa shape index (κ2) is 5.37. The molecule has 0 bridgehead atoms. The molecule has 2 aromatic carbocycles. The molecule has 5 heteroatoms. The fourth-order valence-corrected chi connectivity index (χ4v) is 2.60. The maximum Gasteiger partial charge on any atom is 0.231 e. The van der Waals surface area contributed by atoms with Gasteiger partial charge < -0.3 is 19.9 Å². The summed E-state index contributed by atoms with van der Waals surface area (Å²) in [7, 11) is 0. The number of aromatic hydroxyl groups is 1. The van der Waals surface area contributed by atoms with Crippen LogP contribution in [-0.4, -0.2) is 11.9 Å². The van der Waals surface area contributed by atoms with E-state index in [1.54, 1.807) is 6.07 Å². The molecule has 0 unspecified atom stereocenters. The first-order valence-corrected chi connectivity index (χ1v) is 7.04. The predicted octanol–water partition coefficient (Wildman–Crippen LogP) is 4.00. The topological polar surface area (TPSA) is 50.7 Å². The van der Waals surface area contributed by atoms with Gasteiger partial charge in [0.15, 0.2) is 11.5 Å². The second-order valence-corrected chi connectivity index (χ2v) is 5.53. The summed E-state index contributed by atoms with van der Waals surface area (Å²) in [5.41, 5.74) is 3.82. The van der Waals surface area contributed by atoms with Gasteiger partial charge in [-0.3, -0.25) is 0 Å². The zero-order chi connectivity index (χ0) is 15.0. The number of anilines is 1. The van der Waals surface area contributed by atoms with E-state index in [1.807, 2.05) is 32.0 Å². The highest BCUT2D eigenvalue weighted by atomic mass is 35.5. The van der Waals surface area contributed by atoms with Gasteiger partial charge in [-0.1, -0.05) is 11.6 Å². The van der Waals surface area contributed by atoms with Gasteiger partial charge in [0.1, 0.15) is 5.75 Å². The number of halogens is 1. The molecule has 0 spiro atoms. The fourth-order valence-electron chi connectivity index (χ4n) is 2.31. The quantitative estimate of drug-likeness (QED) is 0.842. The first kappa shape index (κ1) is 13.9. The summed E-state index contributed by atoms with van der Waals surface area (Å²) in [6.07, 6.45) is 0. The molecule has 1 aliphatic rings. The van der Waals surface area contributed by atoms with Gasteiger partial charge in [0.05, 0.1) is 5.02 Å². The minimum atomic E-state index is 0.211. The number of phenols is 1. The Labute approximate surface area is 128 Å². The van der Waals surface area contributed by atoms with Crippen molar-refractivity contribution in [1.29, 1.82) is 0 Å². The van der Waals surface area contributed by atoms with Crippen LogP contribution in [0.2, 0.25) is 5.02 Å². The van der Waals surface area contributed by atoms with Crippen LogP contribution >= 0.6 is 11.6 Å². The third-order valence-corrected chi connectivity index (χ3v) is 3.79. The predicted molar refractivity (Wildman–Crippen MR) is 82.5 cm³/mol. The van der Waals surface area contributed by atoms with Crippen LogP contribution in [0.15, 0.2) is 24.3 Å². The number of hydrogen-bond donors (Lipinski definition) is 2. The molecule has 3 rings (SSSR count). The van der Waals surface area contributed by atoms with Gasteiger partial charge in [-0.25, -0.2) is 0 Å². The van der Waals surface area contributed by atoms with Crippen molar-refractivity contribution in [2.75, 3.05) is 12.1 Å². The molecule has 0 aliphatic carbocycles. The maximum absolute atomic E-state index is 9.68.